The van der Waals surface area contributed by atoms with E-state index in [0.717, 1.165) is 28.5 Å². The normalized spacial score (nSPS) is 13.8. The molecule has 3 rings (SSSR count). The summed E-state index contributed by atoms with van der Waals surface area (Å²) in [7, 11) is 0. The van der Waals surface area contributed by atoms with Crippen molar-refractivity contribution < 1.29 is 4.79 Å². The minimum absolute atomic E-state index is 0.0629. The smallest absolute Gasteiger partial charge is 0.234 e. The fourth-order valence-electron chi connectivity index (χ4n) is 1.87. The lowest BCUT2D eigenvalue weighted by Crippen LogP contribution is -2.18. The Morgan fingerprint density at radius 3 is 3.16 bits per heavy atom. The molecule has 1 aromatic carbocycles. The fraction of sp³-hybridized carbons (Fsp3) is 0.231. The molecule has 4 nitrogen and oxygen atoms in total. The van der Waals surface area contributed by atoms with Crippen molar-refractivity contribution in [2.24, 2.45) is 0 Å². The number of aryl methyl sites for hydroxylation is 1. The van der Waals surface area contributed by atoms with Gasteiger partial charge in [0.15, 0.2) is 0 Å². The quantitative estimate of drug-likeness (QED) is 0.912. The lowest BCUT2D eigenvalue weighted by molar-refractivity contribution is -0.113. The predicted molar refractivity (Wildman–Crippen MR) is 80.0 cm³/mol. The van der Waals surface area contributed by atoms with Gasteiger partial charge >= 0.3 is 0 Å². The molecule has 2 N–H and O–H groups in total. The fourth-order valence-corrected chi connectivity index (χ4v) is 3.38. The maximum atomic E-state index is 11.4. The summed E-state index contributed by atoms with van der Waals surface area (Å²) in [6.45, 7) is 2.77. The molecule has 98 valence electrons. The zero-order valence-corrected chi connectivity index (χ0v) is 12.0. The van der Waals surface area contributed by atoms with Crippen molar-refractivity contribution in [1.29, 1.82) is 0 Å². The number of carbonyl (C=O) groups is 1. The van der Waals surface area contributed by atoms with Crippen LogP contribution in [0.25, 0.3) is 0 Å². The van der Waals surface area contributed by atoms with Crippen LogP contribution in [0.15, 0.2) is 28.6 Å². The molecule has 0 bridgehead atoms. The Morgan fingerprint density at radius 1 is 1.47 bits per heavy atom. The Morgan fingerprint density at radius 2 is 2.37 bits per heavy atom. The van der Waals surface area contributed by atoms with Crippen LogP contribution in [-0.2, 0) is 11.3 Å². The van der Waals surface area contributed by atoms with Crippen LogP contribution in [0, 0.1) is 6.92 Å². The van der Waals surface area contributed by atoms with E-state index in [0.29, 0.717) is 5.75 Å². The van der Waals surface area contributed by atoms with E-state index in [1.807, 2.05) is 30.6 Å². The number of rotatable bonds is 3. The zero-order chi connectivity index (χ0) is 13.2. The second kappa shape index (κ2) is 5.22. The van der Waals surface area contributed by atoms with Crippen LogP contribution >= 0.6 is 23.1 Å². The highest BCUT2D eigenvalue weighted by Crippen LogP contribution is 2.33. The number of thioether (sulfide) groups is 1. The third-order valence-corrected chi connectivity index (χ3v) is 4.92. The first-order valence-electron chi connectivity index (χ1n) is 5.92. The van der Waals surface area contributed by atoms with E-state index >= 15 is 0 Å². The van der Waals surface area contributed by atoms with Gasteiger partial charge in [0.2, 0.25) is 5.91 Å². The number of amides is 1. The van der Waals surface area contributed by atoms with Crippen LogP contribution in [0.1, 0.15) is 10.6 Å². The van der Waals surface area contributed by atoms with E-state index in [9.17, 15) is 4.79 Å². The second-order valence-electron chi connectivity index (χ2n) is 4.26. The summed E-state index contributed by atoms with van der Waals surface area (Å²) < 4.78 is 0. The number of fused-ring (bicyclic) bond motifs is 1. The van der Waals surface area contributed by atoms with Crippen LogP contribution in [0.4, 0.5) is 11.4 Å². The summed E-state index contributed by atoms with van der Waals surface area (Å²) in [6, 6.07) is 6.07. The molecule has 0 saturated carbocycles. The van der Waals surface area contributed by atoms with Crippen molar-refractivity contribution in [1.82, 2.24) is 4.98 Å². The van der Waals surface area contributed by atoms with Gasteiger partial charge in [0.25, 0.3) is 0 Å². The average molecular weight is 291 g/mol. The molecule has 1 aliphatic heterocycles. The molecule has 0 radical (unpaired) electrons. The van der Waals surface area contributed by atoms with Crippen LogP contribution < -0.4 is 10.6 Å². The van der Waals surface area contributed by atoms with Crippen LogP contribution in [0.2, 0.25) is 0 Å². The molecule has 19 heavy (non-hydrogen) atoms. The Labute approximate surface area is 119 Å². The first-order chi connectivity index (χ1) is 9.22. The van der Waals surface area contributed by atoms with Gasteiger partial charge in [-0.3, -0.25) is 4.79 Å². The summed E-state index contributed by atoms with van der Waals surface area (Å²) in [6.07, 6.45) is 0. The van der Waals surface area contributed by atoms with Gasteiger partial charge in [-0.1, -0.05) is 0 Å². The van der Waals surface area contributed by atoms with Gasteiger partial charge in [0, 0.05) is 15.5 Å². The van der Waals surface area contributed by atoms with E-state index in [-0.39, 0.29) is 5.91 Å². The monoisotopic (exact) mass is 291 g/mol. The van der Waals surface area contributed by atoms with Gasteiger partial charge in [0.1, 0.15) is 0 Å². The maximum absolute atomic E-state index is 11.4. The lowest BCUT2D eigenvalue weighted by Gasteiger charge is -2.17. The van der Waals surface area contributed by atoms with Gasteiger partial charge in [0.05, 0.1) is 29.2 Å². The molecule has 0 spiro atoms. The predicted octanol–water partition coefficient (Wildman–Crippen LogP) is 3.11. The first kappa shape index (κ1) is 12.5. The Kier molecular flexibility index (Phi) is 3.44. The molecule has 2 aromatic rings. The molecular weight excluding hydrogens is 278 g/mol. The molecule has 0 unspecified atom stereocenters. The van der Waals surface area contributed by atoms with Gasteiger partial charge < -0.3 is 10.6 Å². The number of thiazole rings is 1. The van der Waals surface area contributed by atoms with Crippen LogP contribution in [0.5, 0.6) is 0 Å². The van der Waals surface area contributed by atoms with Crippen LogP contribution in [-0.4, -0.2) is 16.6 Å². The van der Waals surface area contributed by atoms with Crippen molar-refractivity contribution >= 4 is 40.4 Å². The molecule has 0 saturated heterocycles. The second-order valence-corrected chi connectivity index (χ2v) is 6.22. The minimum atomic E-state index is 0.0629. The number of nitrogens with one attached hydrogen (secondary N) is 2. The van der Waals surface area contributed by atoms with Crippen molar-refractivity contribution in [2.75, 3.05) is 16.4 Å². The molecule has 1 amide bonds. The molecule has 0 fully saturated rings. The van der Waals surface area contributed by atoms with Crippen LogP contribution in [0.3, 0.4) is 0 Å². The molecule has 1 aliphatic rings. The summed E-state index contributed by atoms with van der Waals surface area (Å²) in [5.74, 6) is 0.563. The molecule has 6 heteroatoms. The van der Waals surface area contributed by atoms with E-state index in [1.54, 1.807) is 23.1 Å². The number of anilines is 2. The van der Waals surface area contributed by atoms with Gasteiger partial charge in [-0.2, -0.15) is 0 Å². The van der Waals surface area contributed by atoms with E-state index in [4.69, 9.17) is 0 Å². The van der Waals surface area contributed by atoms with E-state index in [2.05, 4.69) is 15.6 Å². The zero-order valence-electron chi connectivity index (χ0n) is 10.4. The minimum Gasteiger partial charge on any atom is -0.380 e. The standard InChI is InChI=1S/C13H13N3OS2/c1-8-12(19-7-15-8)5-14-9-2-3-11-10(4-9)16-13(17)6-18-11/h2-4,7,14H,5-6H2,1H3,(H,16,17). The Hall–Kier alpha value is -1.53. The Bertz CT molecular complexity index is 624. The van der Waals surface area contributed by atoms with Crippen molar-refractivity contribution in [3.05, 3.63) is 34.3 Å². The molecule has 0 aliphatic carbocycles. The largest absolute Gasteiger partial charge is 0.380 e. The number of hydrogen-bond acceptors (Lipinski definition) is 5. The lowest BCUT2D eigenvalue weighted by atomic mass is 10.2. The SMILES string of the molecule is Cc1ncsc1CNc1ccc2c(c1)NC(=O)CS2. The summed E-state index contributed by atoms with van der Waals surface area (Å²) in [5, 5.41) is 6.26. The molecule has 0 atom stereocenters. The summed E-state index contributed by atoms with van der Waals surface area (Å²) in [4.78, 5) is 18.0. The maximum Gasteiger partial charge on any atom is 0.234 e. The third-order valence-electron chi connectivity index (χ3n) is 2.91. The molecule has 2 heterocycles. The van der Waals surface area contributed by atoms with Gasteiger partial charge in [-0.15, -0.1) is 23.1 Å². The van der Waals surface area contributed by atoms with Gasteiger partial charge in [-0.25, -0.2) is 4.98 Å². The summed E-state index contributed by atoms with van der Waals surface area (Å²) in [5.41, 5.74) is 4.83. The van der Waals surface area contributed by atoms with E-state index < -0.39 is 0 Å². The number of carbonyl (C=O) groups excluding carboxylic acids is 1. The highest BCUT2D eigenvalue weighted by Gasteiger charge is 2.15. The number of hydrogen-bond donors (Lipinski definition) is 2. The summed E-state index contributed by atoms with van der Waals surface area (Å²) >= 11 is 3.23. The first-order valence-corrected chi connectivity index (χ1v) is 7.78. The Balaban J connectivity index is 1.74. The van der Waals surface area contributed by atoms with Crippen molar-refractivity contribution in [2.45, 2.75) is 18.4 Å². The molecular formula is C13H13N3OS2. The van der Waals surface area contributed by atoms with Crippen molar-refractivity contribution in [3.8, 4) is 0 Å². The number of nitrogens with zero attached hydrogens (tertiary/aromatic N) is 1. The number of aromatic nitrogens is 1. The van der Waals surface area contributed by atoms with E-state index in [1.165, 1.54) is 4.88 Å². The number of benzene rings is 1. The highest BCUT2D eigenvalue weighted by molar-refractivity contribution is 8.00. The topological polar surface area (TPSA) is 54.0 Å². The van der Waals surface area contributed by atoms with Gasteiger partial charge in [-0.05, 0) is 25.1 Å². The third kappa shape index (κ3) is 2.74. The molecule has 1 aromatic heterocycles. The highest BCUT2D eigenvalue weighted by atomic mass is 32.2. The average Bonchev–Trinajstić information content (AvgIpc) is 2.81. The van der Waals surface area contributed by atoms with Crippen molar-refractivity contribution in [3.63, 3.8) is 0 Å².